The van der Waals surface area contributed by atoms with E-state index in [2.05, 4.69) is 11.9 Å². The molecule has 4 rings (SSSR count). The summed E-state index contributed by atoms with van der Waals surface area (Å²) < 4.78 is 16.8. The predicted octanol–water partition coefficient (Wildman–Crippen LogP) is 3.85. The predicted molar refractivity (Wildman–Crippen MR) is 129 cm³/mol. The van der Waals surface area contributed by atoms with Crippen molar-refractivity contribution in [3.05, 3.63) is 69.6 Å². The van der Waals surface area contributed by atoms with Crippen LogP contribution >= 0.6 is 0 Å². The molecule has 0 saturated carbocycles. The number of ketones is 1. The van der Waals surface area contributed by atoms with E-state index >= 15 is 0 Å². The van der Waals surface area contributed by atoms with Gasteiger partial charge in [-0.25, -0.2) is 4.79 Å². The number of rotatable bonds is 7. The molecule has 0 aliphatic carbocycles. The molecular weight excluding hydrogens is 434 g/mol. The van der Waals surface area contributed by atoms with Gasteiger partial charge in [-0.05, 0) is 62.7 Å². The molecule has 0 radical (unpaired) electrons. The smallest absolute Gasteiger partial charge is 0.339 e. The zero-order valence-electron chi connectivity index (χ0n) is 19.8. The van der Waals surface area contributed by atoms with Crippen LogP contribution in [0.1, 0.15) is 36.5 Å². The summed E-state index contributed by atoms with van der Waals surface area (Å²) in [5.41, 5.74) is 1.88. The molecule has 0 atom stereocenters. The molecule has 34 heavy (non-hydrogen) atoms. The van der Waals surface area contributed by atoms with Crippen LogP contribution in [0.2, 0.25) is 0 Å². The minimum Gasteiger partial charge on any atom is -0.490 e. The molecule has 0 bridgehead atoms. The molecule has 1 aliphatic heterocycles. The van der Waals surface area contributed by atoms with Crippen molar-refractivity contribution < 1.29 is 23.5 Å². The van der Waals surface area contributed by atoms with E-state index in [0.29, 0.717) is 16.9 Å². The maximum atomic E-state index is 12.6. The summed E-state index contributed by atoms with van der Waals surface area (Å²) in [5, 5.41) is 0.765. The van der Waals surface area contributed by atoms with E-state index in [4.69, 9.17) is 13.9 Å². The zero-order valence-corrected chi connectivity index (χ0v) is 19.8. The highest BCUT2D eigenvalue weighted by Gasteiger charge is 2.20. The lowest BCUT2D eigenvalue weighted by Crippen LogP contribution is -2.35. The summed E-state index contributed by atoms with van der Waals surface area (Å²) in [6.45, 7) is 5.22. The van der Waals surface area contributed by atoms with Gasteiger partial charge in [0.25, 0.3) is 0 Å². The van der Waals surface area contributed by atoms with Crippen molar-refractivity contribution >= 4 is 22.7 Å². The summed E-state index contributed by atoms with van der Waals surface area (Å²) in [6, 6.07) is 12.3. The fourth-order valence-corrected chi connectivity index (χ4v) is 4.23. The second kappa shape index (κ2) is 10.2. The van der Waals surface area contributed by atoms with Gasteiger partial charge in [-0.1, -0.05) is 12.1 Å². The van der Waals surface area contributed by atoms with Crippen LogP contribution in [0.3, 0.4) is 0 Å². The summed E-state index contributed by atoms with van der Waals surface area (Å²) in [5.74, 6) is 0.646. The zero-order chi connectivity index (χ0) is 24.2. The van der Waals surface area contributed by atoms with Gasteiger partial charge in [0, 0.05) is 49.4 Å². The van der Waals surface area contributed by atoms with Crippen LogP contribution in [-0.4, -0.2) is 42.9 Å². The summed E-state index contributed by atoms with van der Waals surface area (Å²) in [6.07, 6.45) is 2.23. The van der Waals surface area contributed by atoms with Crippen molar-refractivity contribution in [1.29, 1.82) is 0 Å². The molecule has 1 fully saturated rings. The Morgan fingerprint density at radius 2 is 1.76 bits per heavy atom. The number of likely N-dealkylation sites (tertiary alicyclic amines) is 1. The molecule has 0 spiro atoms. The highest BCUT2D eigenvalue weighted by Crippen LogP contribution is 2.29. The lowest BCUT2D eigenvalue weighted by molar-refractivity contribution is -0.131. The first kappa shape index (κ1) is 23.7. The van der Waals surface area contributed by atoms with Gasteiger partial charge >= 0.3 is 11.6 Å². The van der Waals surface area contributed by atoms with Crippen LogP contribution in [0.15, 0.2) is 51.7 Å². The molecule has 0 N–H and O–H groups in total. The Morgan fingerprint density at radius 3 is 2.44 bits per heavy atom. The first-order valence-electron chi connectivity index (χ1n) is 11.5. The molecule has 0 unspecified atom stereocenters. The molecule has 7 heteroatoms. The van der Waals surface area contributed by atoms with Gasteiger partial charge in [-0.15, -0.1) is 0 Å². The number of nitrogens with zero attached hydrogens (tertiary/aromatic N) is 1. The number of hydrogen-bond acceptors (Lipinski definition) is 7. The molecule has 1 saturated heterocycles. The first-order valence-corrected chi connectivity index (χ1v) is 11.5. The molecule has 1 aromatic heterocycles. The second-order valence-corrected chi connectivity index (χ2v) is 8.92. The standard InChI is InChI=1S/C27H29NO6/c1-17-25(33-24-10-12-28(3)13-11-24)9-6-20-15-21(27(31)34-26(17)20)16-22(30)14-19-4-7-23(8-5-19)32-18(2)29/h4-9,15,24H,10-14,16H2,1-3H3. The third kappa shape index (κ3) is 5.72. The number of esters is 1. The summed E-state index contributed by atoms with van der Waals surface area (Å²) in [4.78, 5) is 38.6. The molecule has 2 heterocycles. The molecule has 7 nitrogen and oxygen atoms in total. The van der Waals surface area contributed by atoms with Gasteiger partial charge < -0.3 is 18.8 Å². The minimum absolute atomic E-state index is 0.0170. The number of carbonyl (C=O) groups is 2. The number of piperidine rings is 1. The van der Waals surface area contributed by atoms with Crippen LogP contribution in [0.4, 0.5) is 0 Å². The van der Waals surface area contributed by atoms with Gasteiger partial charge in [-0.2, -0.15) is 0 Å². The number of hydrogen-bond donors (Lipinski definition) is 0. The van der Waals surface area contributed by atoms with Crippen molar-refractivity contribution in [3.63, 3.8) is 0 Å². The van der Waals surface area contributed by atoms with Crippen molar-refractivity contribution in [2.24, 2.45) is 0 Å². The van der Waals surface area contributed by atoms with Crippen LogP contribution in [0, 0.1) is 6.92 Å². The monoisotopic (exact) mass is 463 g/mol. The lowest BCUT2D eigenvalue weighted by Gasteiger charge is -2.29. The second-order valence-electron chi connectivity index (χ2n) is 8.92. The van der Waals surface area contributed by atoms with Crippen LogP contribution in [-0.2, 0) is 22.4 Å². The summed E-state index contributed by atoms with van der Waals surface area (Å²) >= 11 is 0. The number of carbonyl (C=O) groups excluding carboxylic acids is 2. The Balaban J connectivity index is 1.46. The number of aryl methyl sites for hydroxylation is 1. The van der Waals surface area contributed by atoms with E-state index in [0.717, 1.165) is 48.2 Å². The van der Waals surface area contributed by atoms with E-state index in [1.54, 1.807) is 30.3 Å². The maximum Gasteiger partial charge on any atom is 0.339 e. The molecular formula is C27H29NO6. The highest BCUT2D eigenvalue weighted by atomic mass is 16.5. The molecule has 3 aromatic rings. The molecule has 1 aliphatic rings. The van der Waals surface area contributed by atoms with E-state index in [1.807, 2.05) is 19.1 Å². The van der Waals surface area contributed by atoms with Crippen molar-refractivity contribution in [2.75, 3.05) is 20.1 Å². The third-order valence-corrected chi connectivity index (χ3v) is 6.11. The van der Waals surface area contributed by atoms with Gasteiger partial charge in [-0.3, -0.25) is 9.59 Å². The quantitative estimate of drug-likeness (QED) is 0.299. The van der Waals surface area contributed by atoms with E-state index in [-0.39, 0.29) is 24.7 Å². The largest absolute Gasteiger partial charge is 0.490 e. The van der Waals surface area contributed by atoms with Gasteiger partial charge in [0.15, 0.2) is 0 Å². The first-order chi connectivity index (χ1) is 16.3. The average Bonchev–Trinajstić information content (AvgIpc) is 2.79. The van der Waals surface area contributed by atoms with Gasteiger partial charge in [0.2, 0.25) is 0 Å². The fourth-order valence-electron chi connectivity index (χ4n) is 4.23. The van der Waals surface area contributed by atoms with Crippen molar-refractivity contribution in [1.82, 2.24) is 4.90 Å². The number of Topliss-reactive ketones (excluding diaryl/α,β-unsaturated/α-hetero) is 1. The van der Waals surface area contributed by atoms with Crippen LogP contribution in [0.25, 0.3) is 11.0 Å². The maximum absolute atomic E-state index is 12.6. The number of benzene rings is 2. The van der Waals surface area contributed by atoms with Gasteiger partial charge in [0.05, 0.1) is 0 Å². The van der Waals surface area contributed by atoms with E-state index < -0.39 is 11.6 Å². The Labute approximate surface area is 198 Å². The summed E-state index contributed by atoms with van der Waals surface area (Å²) in [7, 11) is 2.11. The van der Waals surface area contributed by atoms with E-state index in [9.17, 15) is 14.4 Å². The fraction of sp³-hybridized carbons (Fsp3) is 0.370. The van der Waals surface area contributed by atoms with Crippen LogP contribution < -0.4 is 15.1 Å². The van der Waals surface area contributed by atoms with Crippen LogP contribution in [0.5, 0.6) is 11.5 Å². The Kier molecular flexibility index (Phi) is 7.12. The van der Waals surface area contributed by atoms with Crippen molar-refractivity contribution in [2.45, 2.75) is 45.6 Å². The Bertz CT molecular complexity index is 1250. The SMILES string of the molecule is CC(=O)Oc1ccc(CC(=O)Cc2cc3ccc(OC4CCN(C)CC4)c(C)c3oc2=O)cc1. The van der Waals surface area contributed by atoms with Gasteiger partial charge in [0.1, 0.15) is 29.0 Å². The van der Waals surface area contributed by atoms with E-state index in [1.165, 1.54) is 6.92 Å². The Morgan fingerprint density at radius 1 is 1.06 bits per heavy atom. The average molecular weight is 464 g/mol. The third-order valence-electron chi connectivity index (χ3n) is 6.11. The topological polar surface area (TPSA) is 86.1 Å². The molecule has 0 amide bonds. The molecule has 2 aromatic carbocycles. The number of ether oxygens (including phenoxy) is 2. The minimum atomic E-state index is -0.509. The normalized spacial score (nSPS) is 14.8. The Hall–Kier alpha value is -3.45. The highest BCUT2D eigenvalue weighted by molar-refractivity contribution is 5.86. The molecule has 178 valence electrons. The van der Waals surface area contributed by atoms with Crippen molar-refractivity contribution in [3.8, 4) is 11.5 Å². The number of fused-ring (bicyclic) bond motifs is 1. The lowest BCUT2D eigenvalue weighted by atomic mass is 10.0.